The van der Waals surface area contributed by atoms with Gasteiger partial charge >= 0.3 is 0 Å². The van der Waals surface area contributed by atoms with Crippen molar-refractivity contribution in [1.82, 2.24) is 20.4 Å². The standard InChI is InChI=1S/C17H26N4O2/c1-10(2)15-8-21-7-11(6-12(21)9-23-15)18-17(22)16-13-4-3-5-14(13)19-20-16/h10-12,15H,3-9H2,1-2H3,(H,18,22)(H,19,20)/t11-,12-,15+/m0/s1. The monoisotopic (exact) mass is 318 g/mol. The smallest absolute Gasteiger partial charge is 0.272 e. The van der Waals surface area contributed by atoms with Gasteiger partial charge in [-0.2, -0.15) is 5.10 Å². The van der Waals surface area contributed by atoms with Crippen LogP contribution in [0.1, 0.15) is 48.4 Å². The van der Waals surface area contributed by atoms with E-state index in [0.717, 1.165) is 56.6 Å². The quantitative estimate of drug-likeness (QED) is 0.876. The second kappa shape index (κ2) is 5.91. The number of hydrogen-bond donors (Lipinski definition) is 2. The molecular weight excluding hydrogens is 292 g/mol. The number of fused-ring (bicyclic) bond motifs is 2. The van der Waals surface area contributed by atoms with Gasteiger partial charge in [0, 0.05) is 36.4 Å². The van der Waals surface area contributed by atoms with Crippen molar-refractivity contribution in [2.45, 2.75) is 57.7 Å². The number of amides is 1. The first-order chi connectivity index (χ1) is 11.1. The van der Waals surface area contributed by atoms with E-state index in [1.54, 1.807) is 0 Å². The van der Waals surface area contributed by atoms with E-state index in [1.165, 1.54) is 0 Å². The van der Waals surface area contributed by atoms with Crippen LogP contribution in [0.25, 0.3) is 0 Å². The fraction of sp³-hybridized carbons (Fsp3) is 0.765. The molecule has 2 fully saturated rings. The van der Waals surface area contributed by atoms with Gasteiger partial charge in [0.2, 0.25) is 0 Å². The normalized spacial score (nSPS) is 30.5. The lowest BCUT2D eigenvalue weighted by atomic mass is 10.0. The second-order valence-corrected chi connectivity index (χ2v) is 7.51. The zero-order valence-corrected chi connectivity index (χ0v) is 14.0. The number of nitrogens with zero attached hydrogens (tertiary/aromatic N) is 2. The Kier molecular flexibility index (Phi) is 3.89. The third kappa shape index (κ3) is 2.78. The Balaban J connectivity index is 1.38. The maximum atomic E-state index is 12.6. The molecule has 0 saturated carbocycles. The van der Waals surface area contributed by atoms with E-state index in [9.17, 15) is 4.79 Å². The Morgan fingerprint density at radius 1 is 1.39 bits per heavy atom. The summed E-state index contributed by atoms with van der Waals surface area (Å²) in [5.41, 5.74) is 2.88. The van der Waals surface area contributed by atoms with Crippen LogP contribution in [0.15, 0.2) is 0 Å². The minimum atomic E-state index is -0.0180. The number of aryl methyl sites for hydroxylation is 1. The average molecular weight is 318 g/mol. The largest absolute Gasteiger partial charge is 0.375 e. The van der Waals surface area contributed by atoms with E-state index in [0.29, 0.717) is 23.8 Å². The molecule has 4 rings (SSSR count). The van der Waals surface area contributed by atoms with Crippen LogP contribution < -0.4 is 5.32 Å². The van der Waals surface area contributed by atoms with Crippen molar-refractivity contribution in [2.24, 2.45) is 5.92 Å². The third-order valence-electron chi connectivity index (χ3n) is 5.55. The highest BCUT2D eigenvalue weighted by molar-refractivity contribution is 5.94. The first-order valence-electron chi connectivity index (χ1n) is 8.84. The molecule has 0 spiro atoms. The summed E-state index contributed by atoms with van der Waals surface area (Å²) >= 11 is 0. The predicted octanol–water partition coefficient (Wildman–Crippen LogP) is 1.13. The van der Waals surface area contributed by atoms with Gasteiger partial charge in [-0.15, -0.1) is 0 Å². The van der Waals surface area contributed by atoms with Crippen molar-refractivity contribution in [3.63, 3.8) is 0 Å². The minimum Gasteiger partial charge on any atom is -0.375 e. The summed E-state index contributed by atoms with van der Waals surface area (Å²) in [6.07, 6.45) is 4.40. The molecule has 3 heterocycles. The molecule has 23 heavy (non-hydrogen) atoms. The van der Waals surface area contributed by atoms with Gasteiger partial charge < -0.3 is 10.1 Å². The number of rotatable bonds is 3. The SMILES string of the molecule is CC(C)[C@H]1CN2C[C@@H](NC(=O)c3n[nH]c4c3CCC4)C[C@H]2CO1. The lowest BCUT2D eigenvalue weighted by molar-refractivity contribution is -0.0683. The summed E-state index contributed by atoms with van der Waals surface area (Å²) in [5, 5.41) is 10.4. The van der Waals surface area contributed by atoms with Crippen LogP contribution in [0.4, 0.5) is 0 Å². The van der Waals surface area contributed by atoms with Crippen molar-refractivity contribution in [3.8, 4) is 0 Å². The fourth-order valence-electron chi connectivity index (χ4n) is 4.17. The zero-order valence-electron chi connectivity index (χ0n) is 14.0. The molecule has 0 radical (unpaired) electrons. The summed E-state index contributed by atoms with van der Waals surface area (Å²) in [6, 6.07) is 0.649. The van der Waals surface area contributed by atoms with Crippen molar-refractivity contribution >= 4 is 5.91 Å². The summed E-state index contributed by atoms with van der Waals surface area (Å²) < 4.78 is 5.97. The van der Waals surface area contributed by atoms with E-state index >= 15 is 0 Å². The van der Waals surface area contributed by atoms with Gasteiger partial charge in [0.05, 0.1) is 12.7 Å². The molecule has 0 bridgehead atoms. The van der Waals surface area contributed by atoms with E-state index in [2.05, 4.69) is 34.3 Å². The van der Waals surface area contributed by atoms with Gasteiger partial charge in [-0.05, 0) is 31.6 Å². The summed E-state index contributed by atoms with van der Waals surface area (Å²) in [7, 11) is 0. The fourth-order valence-corrected chi connectivity index (χ4v) is 4.17. The molecule has 1 aliphatic carbocycles. The Morgan fingerprint density at radius 3 is 3.09 bits per heavy atom. The van der Waals surface area contributed by atoms with Crippen LogP contribution in [0.3, 0.4) is 0 Å². The number of H-pyrrole nitrogens is 1. The lowest BCUT2D eigenvalue weighted by Crippen LogP contribution is -2.48. The molecule has 0 aromatic carbocycles. The molecule has 1 aromatic rings. The highest BCUT2D eigenvalue weighted by Crippen LogP contribution is 2.27. The molecule has 2 aliphatic heterocycles. The highest BCUT2D eigenvalue weighted by atomic mass is 16.5. The first-order valence-corrected chi connectivity index (χ1v) is 8.84. The first kappa shape index (κ1) is 15.1. The van der Waals surface area contributed by atoms with E-state index in [4.69, 9.17) is 4.74 Å². The maximum Gasteiger partial charge on any atom is 0.272 e. The van der Waals surface area contributed by atoms with Crippen molar-refractivity contribution in [1.29, 1.82) is 0 Å². The number of carbonyl (C=O) groups is 1. The van der Waals surface area contributed by atoms with Gasteiger partial charge in [0.1, 0.15) is 0 Å². The molecule has 2 saturated heterocycles. The number of nitrogens with one attached hydrogen (secondary N) is 2. The van der Waals surface area contributed by atoms with Crippen molar-refractivity contribution in [3.05, 3.63) is 17.0 Å². The van der Waals surface area contributed by atoms with Gasteiger partial charge in [0.15, 0.2) is 5.69 Å². The van der Waals surface area contributed by atoms with E-state index in [-0.39, 0.29) is 11.9 Å². The van der Waals surface area contributed by atoms with Crippen LogP contribution in [0.2, 0.25) is 0 Å². The lowest BCUT2D eigenvalue weighted by Gasteiger charge is -2.36. The topological polar surface area (TPSA) is 70.2 Å². The van der Waals surface area contributed by atoms with Gasteiger partial charge in [-0.1, -0.05) is 13.8 Å². The number of carbonyl (C=O) groups excluding carboxylic acids is 1. The highest BCUT2D eigenvalue weighted by Gasteiger charge is 2.39. The molecule has 3 atom stereocenters. The molecule has 126 valence electrons. The average Bonchev–Trinajstić information content (AvgIpc) is 3.20. The minimum absolute atomic E-state index is 0.0180. The Hall–Kier alpha value is -1.40. The summed E-state index contributed by atoms with van der Waals surface area (Å²) in [6.45, 7) is 7.10. The van der Waals surface area contributed by atoms with Crippen LogP contribution in [-0.2, 0) is 17.6 Å². The molecule has 2 N–H and O–H groups in total. The number of aromatic amines is 1. The van der Waals surface area contributed by atoms with Gasteiger partial charge in [0.25, 0.3) is 5.91 Å². The molecular formula is C17H26N4O2. The van der Waals surface area contributed by atoms with E-state index in [1.807, 2.05) is 0 Å². The molecule has 1 amide bonds. The zero-order chi connectivity index (χ0) is 16.0. The van der Waals surface area contributed by atoms with Crippen LogP contribution >= 0.6 is 0 Å². The second-order valence-electron chi connectivity index (χ2n) is 7.51. The molecule has 1 aromatic heterocycles. The maximum absolute atomic E-state index is 12.6. The Morgan fingerprint density at radius 2 is 2.26 bits per heavy atom. The third-order valence-corrected chi connectivity index (χ3v) is 5.55. The Labute approximate surface area is 137 Å². The van der Waals surface area contributed by atoms with Crippen molar-refractivity contribution < 1.29 is 9.53 Å². The van der Waals surface area contributed by atoms with Gasteiger partial charge in [-0.25, -0.2) is 0 Å². The van der Waals surface area contributed by atoms with Crippen LogP contribution in [0.5, 0.6) is 0 Å². The molecule has 6 nitrogen and oxygen atoms in total. The number of hydrogen-bond acceptors (Lipinski definition) is 4. The Bertz CT molecular complexity index is 597. The van der Waals surface area contributed by atoms with E-state index < -0.39 is 0 Å². The van der Waals surface area contributed by atoms with Crippen LogP contribution in [-0.4, -0.2) is 58.9 Å². The number of ether oxygens (including phenoxy) is 1. The van der Waals surface area contributed by atoms with Crippen molar-refractivity contribution in [2.75, 3.05) is 19.7 Å². The predicted molar refractivity (Wildman–Crippen MR) is 86.4 cm³/mol. The molecule has 6 heteroatoms. The molecule has 3 aliphatic rings. The summed E-state index contributed by atoms with van der Waals surface area (Å²) in [4.78, 5) is 15.0. The molecule has 0 unspecified atom stereocenters. The summed E-state index contributed by atoms with van der Waals surface area (Å²) in [5.74, 6) is 0.520. The van der Waals surface area contributed by atoms with Gasteiger partial charge in [-0.3, -0.25) is 14.8 Å². The van der Waals surface area contributed by atoms with Crippen LogP contribution in [0, 0.1) is 5.92 Å². The number of aromatic nitrogens is 2. The number of morpholine rings is 1.